The largest absolute Gasteiger partial charge is 0.136 e. The van der Waals surface area contributed by atoms with Crippen molar-refractivity contribution in [3.63, 3.8) is 0 Å². The average molecular weight is 192 g/mol. The molecule has 0 saturated carbocycles. The first-order chi connectivity index (χ1) is 6.51. The van der Waals surface area contributed by atoms with Gasteiger partial charge < -0.3 is 0 Å². The van der Waals surface area contributed by atoms with Crippen molar-refractivity contribution in [3.05, 3.63) is 0 Å². The topological polar surface area (TPSA) is 0 Å². The molecule has 1 heteroatoms. The number of hydrogen-bond donors (Lipinski definition) is 0. The average Bonchev–Trinajstić information content (AvgIpc) is 2.41. The predicted molar refractivity (Wildman–Crippen MR) is 65.3 cm³/mol. The van der Waals surface area contributed by atoms with E-state index in [2.05, 4.69) is 27.7 Å². The number of rotatable bonds is 2. The minimum Gasteiger partial charge on any atom is -0.0629 e. The second kappa shape index (κ2) is 3.28. The summed E-state index contributed by atoms with van der Waals surface area (Å²) in [5.41, 5.74) is 0. The van der Waals surface area contributed by atoms with Crippen molar-refractivity contribution in [3.8, 4) is 0 Å². The molecule has 0 aliphatic carbocycles. The van der Waals surface area contributed by atoms with Gasteiger partial charge in [0.25, 0.3) is 0 Å². The molecule has 0 spiro atoms. The first-order valence-corrected chi connectivity index (χ1v) is 6.51. The molecule has 2 atom stereocenters. The van der Waals surface area contributed by atoms with Crippen LogP contribution in [0.4, 0.5) is 0 Å². The molecule has 80 valence electrons. The van der Waals surface area contributed by atoms with Crippen molar-refractivity contribution in [1.29, 1.82) is 0 Å². The molecule has 2 saturated heterocycles. The Morgan fingerprint density at radius 1 is 0.786 bits per heavy atom. The summed E-state index contributed by atoms with van der Waals surface area (Å²) >= 11 is 0. The van der Waals surface area contributed by atoms with Crippen molar-refractivity contribution in [2.45, 2.75) is 70.4 Å². The molecule has 0 N–H and O–H groups in total. The van der Waals surface area contributed by atoms with Crippen LogP contribution in [0, 0.1) is 11.8 Å². The van der Waals surface area contributed by atoms with Crippen LogP contribution in [0.5, 0.6) is 0 Å². The van der Waals surface area contributed by atoms with E-state index in [1.807, 2.05) is 0 Å². The second-order valence-corrected chi connectivity index (χ2v) is 6.56. The molecule has 2 unspecified atom stereocenters. The summed E-state index contributed by atoms with van der Waals surface area (Å²) in [5, 5.41) is 1.48. The zero-order valence-electron chi connectivity index (χ0n) is 10.4. The minimum atomic E-state index is 0.739. The molecule has 14 heavy (non-hydrogen) atoms. The Bertz CT molecular complexity index is 199. The minimum absolute atomic E-state index is 0.739. The molecule has 0 amide bonds. The van der Waals surface area contributed by atoms with Crippen LogP contribution in [0.15, 0.2) is 0 Å². The molecule has 2 bridgehead atoms. The Morgan fingerprint density at radius 2 is 1.21 bits per heavy atom. The third-order valence-electron chi connectivity index (χ3n) is 5.62. The fraction of sp³-hybridized carbons (Fsp3) is 1.00. The van der Waals surface area contributed by atoms with Gasteiger partial charge in [-0.2, -0.15) is 0 Å². The molecule has 0 aromatic heterocycles. The van der Waals surface area contributed by atoms with E-state index in [4.69, 9.17) is 0 Å². The van der Waals surface area contributed by atoms with Crippen LogP contribution in [0.2, 0.25) is 10.6 Å². The standard InChI is InChI=1S/C13H25B/c1-10(2)12-6-5-7-13(14-12,9-8-12)11(3)4/h10-11,14H,5-9H2,1-4H3. The van der Waals surface area contributed by atoms with Crippen molar-refractivity contribution < 1.29 is 0 Å². The highest BCUT2D eigenvalue weighted by Crippen LogP contribution is 2.66. The molecule has 2 heterocycles. The SMILES string of the molecule is CC(C)C12BC(C(C)C)(CCC1)CC2. The molecule has 2 aliphatic rings. The fourth-order valence-corrected chi connectivity index (χ4v) is 4.16. The summed E-state index contributed by atoms with van der Waals surface area (Å²) in [6.07, 6.45) is 7.56. The summed E-state index contributed by atoms with van der Waals surface area (Å²) in [4.78, 5) is 0. The second-order valence-electron chi connectivity index (χ2n) is 6.56. The maximum Gasteiger partial charge on any atom is 0.136 e. The van der Waals surface area contributed by atoms with E-state index in [0.29, 0.717) is 0 Å². The van der Waals surface area contributed by atoms with Crippen LogP contribution in [0.3, 0.4) is 0 Å². The first kappa shape index (κ1) is 10.6. The Balaban J connectivity index is 2.22. The van der Waals surface area contributed by atoms with Gasteiger partial charge in [-0.25, -0.2) is 0 Å². The maximum absolute atomic E-state index is 2.45. The van der Waals surface area contributed by atoms with Gasteiger partial charge in [0.2, 0.25) is 0 Å². The van der Waals surface area contributed by atoms with Gasteiger partial charge in [-0.05, 0) is 11.8 Å². The Morgan fingerprint density at radius 3 is 1.57 bits per heavy atom. The van der Waals surface area contributed by atoms with Crippen molar-refractivity contribution in [1.82, 2.24) is 0 Å². The highest BCUT2D eigenvalue weighted by Gasteiger charge is 2.53. The van der Waals surface area contributed by atoms with Gasteiger partial charge in [0.15, 0.2) is 0 Å². The van der Waals surface area contributed by atoms with Crippen LogP contribution in [0.1, 0.15) is 59.8 Å². The van der Waals surface area contributed by atoms with E-state index in [0.717, 1.165) is 22.5 Å². The van der Waals surface area contributed by atoms with E-state index < -0.39 is 0 Å². The van der Waals surface area contributed by atoms with Gasteiger partial charge in [-0.1, -0.05) is 70.4 Å². The molecule has 0 radical (unpaired) electrons. The molecular weight excluding hydrogens is 167 g/mol. The highest BCUT2D eigenvalue weighted by atomic mass is 14.5. The molecular formula is C13H25B. The lowest BCUT2D eigenvalue weighted by molar-refractivity contribution is 0.343. The first-order valence-electron chi connectivity index (χ1n) is 6.51. The zero-order valence-corrected chi connectivity index (χ0v) is 10.4. The van der Waals surface area contributed by atoms with E-state index in [-0.39, 0.29) is 0 Å². The van der Waals surface area contributed by atoms with Crippen molar-refractivity contribution >= 4 is 7.28 Å². The molecule has 0 nitrogen and oxygen atoms in total. The van der Waals surface area contributed by atoms with E-state index in [1.54, 1.807) is 0 Å². The lowest BCUT2D eigenvalue weighted by Gasteiger charge is -2.43. The van der Waals surface area contributed by atoms with Crippen LogP contribution in [-0.4, -0.2) is 7.28 Å². The third kappa shape index (κ3) is 1.35. The molecule has 2 fully saturated rings. The Labute approximate surface area is 90.1 Å². The molecule has 2 aliphatic heterocycles. The summed E-state index contributed by atoms with van der Waals surface area (Å²) in [7, 11) is 1.54. The zero-order chi connectivity index (χ0) is 10.4. The van der Waals surface area contributed by atoms with E-state index in [1.165, 1.54) is 39.4 Å². The van der Waals surface area contributed by atoms with E-state index >= 15 is 0 Å². The molecule has 2 rings (SSSR count). The van der Waals surface area contributed by atoms with Crippen LogP contribution >= 0.6 is 0 Å². The normalized spacial score (nSPS) is 41.9. The fourth-order valence-electron chi connectivity index (χ4n) is 4.16. The van der Waals surface area contributed by atoms with Crippen LogP contribution < -0.4 is 0 Å². The summed E-state index contributed by atoms with van der Waals surface area (Å²) < 4.78 is 0. The maximum atomic E-state index is 2.45. The van der Waals surface area contributed by atoms with Crippen LogP contribution in [0.25, 0.3) is 0 Å². The van der Waals surface area contributed by atoms with Gasteiger partial charge in [0.1, 0.15) is 7.28 Å². The van der Waals surface area contributed by atoms with Gasteiger partial charge in [0.05, 0.1) is 0 Å². The Kier molecular flexibility index (Phi) is 2.48. The monoisotopic (exact) mass is 192 g/mol. The predicted octanol–water partition coefficient (Wildman–Crippen LogP) is 4.03. The third-order valence-corrected chi connectivity index (χ3v) is 5.62. The molecule has 0 aromatic rings. The van der Waals surface area contributed by atoms with Gasteiger partial charge in [-0.15, -0.1) is 0 Å². The lowest BCUT2D eigenvalue weighted by Crippen LogP contribution is -2.34. The molecule has 0 aromatic carbocycles. The Hall–Kier alpha value is 0.0649. The quantitative estimate of drug-likeness (QED) is 0.579. The smallest absolute Gasteiger partial charge is 0.0629 e. The highest BCUT2D eigenvalue weighted by molar-refractivity contribution is 6.46. The van der Waals surface area contributed by atoms with Gasteiger partial charge in [-0.3, -0.25) is 0 Å². The number of hydrogen-bond acceptors (Lipinski definition) is 0. The van der Waals surface area contributed by atoms with E-state index in [9.17, 15) is 0 Å². The lowest BCUT2D eigenvalue weighted by atomic mass is 9.34. The number of fused-ring (bicyclic) bond motifs is 2. The van der Waals surface area contributed by atoms with Crippen molar-refractivity contribution in [2.24, 2.45) is 11.8 Å². The summed E-state index contributed by atoms with van der Waals surface area (Å²) in [5.74, 6) is 1.81. The summed E-state index contributed by atoms with van der Waals surface area (Å²) in [6.45, 7) is 9.78. The summed E-state index contributed by atoms with van der Waals surface area (Å²) in [6, 6.07) is 0. The van der Waals surface area contributed by atoms with Gasteiger partial charge in [0, 0.05) is 0 Å². The van der Waals surface area contributed by atoms with Crippen molar-refractivity contribution in [2.75, 3.05) is 0 Å². The van der Waals surface area contributed by atoms with Crippen LogP contribution in [-0.2, 0) is 0 Å². The van der Waals surface area contributed by atoms with Gasteiger partial charge >= 0.3 is 0 Å².